The number of anilines is 1. The minimum Gasteiger partial charge on any atom is -0.379 e. The zero-order valence-electron chi connectivity index (χ0n) is 26.6. The highest BCUT2D eigenvalue weighted by molar-refractivity contribution is 7.92. The first-order valence-electron chi connectivity index (χ1n) is 16.0. The number of fused-ring (bicyclic) bond motifs is 1. The second-order valence-electron chi connectivity index (χ2n) is 13.2. The van der Waals surface area contributed by atoms with Crippen LogP contribution in [0.5, 0.6) is 0 Å². The van der Waals surface area contributed by atoms with Crippen LogP contribution in [0, 0.1) is 29.0 Å². The zero-order valence-corrected chi connectivity index (χ0v) is 27.5. The number of halogens is 4. The number of hydrogen-bond acceptors (Lipinski definition) is 8. The van der Waals surface area contributed by atoms with E-state index in [0.29, 0.717) is 18.1 Å². The van der Waals surface area contributed by atoms with Crippen LogP contribution in [0.15, 0.2) is 36.4 Å². The lowest BCUT2D eigenvalue weighted by atomic mass is 9.72. The van der Waals surface area contributed by atoms with Crippen LogP contribution >= 0.6 is 0 Å². The van der Waals surface area contributed by atoms with E-state index in [1.165, 1.54) is 23.1 Å². The summed E-state index contributed by atoms with van der Waals surface area (Å²) in [6.07, 6.45) is -0.833. The lowest BCUT2D eigenvalue weighted by Gasteiger charge is -2.41. The predicted molar refractivity (Wildman–Crippen MR) is 169 cm³/mol. The summed E-state index contributed by atoms with van der Waals surface area (Å²) in [5, 5.41) is 20.8. The van der Waals surface area contributed by atoms with Crippen LogP contribution < -0.4 is 16.2 Å². The van der Waals surface area contributed by atoms with Gasteiger partial charge in [0.05, 0.1) is 33.8 Å². The molecule has 1 saturated carbocycles. The van der Waals surface area contributed by atoms with Gasteiger partial charge in [-0.1, -0.05) is 18.9 Å². The molecule has 4 atom stereocenters. The Labute approximate surface area is 280 Å². The number of aliphatic hydroxyl groups is 1. The molecule has 5 rings (SSSR count). The fourth-order valence-electron chi connectivity index (χ4n) is 7.03. The summed E-state index contributed by atoms with van der Waals surface area (Å²) in [6.45, 7) is 0.853. The van der Waals surface area contributed by atoms with Gasteiger partial charge in [-0.25, -0.2) is 18.2 Å². The molecule has 16 heteroatoms. The summed E-state index contributed by atoms with van der Waals surface area (Å²) in [4.78, 5) is 39.8. The standard InChI is InChI=1S/C33H37F4N5O6S/c1-32(46,31(45)39-21-8-7-20(17-38)26(16-21)33(35,36)37)18-49(47,48)22-10-12-42(13-11-22)30(44)25-14-19(6-9-27(25)34)15-28-23-4-2-3-5-24(23)29(43)41-40-28/h6-9,14,16,22-24,28,40,46H,2-5,10-13,15,18H2,1H3,(H,39,45)(H,41,43)/t23?,24?,28?,32-/m0/s1. The summed E-state index contributed by atoms with van der Waals surface area (Å²) in [7, 11) is -4.16. The topological polar surface area (TPSA) is 169 Å². The number of nitrogens with zero attached hydrogens (tertiary/aromatic N) is 2. The minimum absolute atomic E-state index is 0.0284. The number of nitriles is 1. The third-order valence-electron chi connectivity index (χ3n) is 9.68. The Morgan fingerprint density at radius 3 is 2.45 bits per heavy atom. The molecule has 3 unspecified atom stereocenters. The number of likely N-dealkylation sites (tertiary alicyclic amines) is 1. The van der Waals surface area contributed by atoms with E-state index < -0.39 is 67.1 Å². The average molecular weight is 708 g/mol. The summed E-state index contributed by atoms with van der Waals surface area (Å²) in [6, 6.07) is 8.02. The molecular weight excluding hydrogens is 670 g/mol. The van der Waals surface area contributed by atoms with Crippen molar-refractivity contribution in [2.45, 2.75) is 74.9 Å². The molecule has 2 aliphatic heterocycles. The maximum absolute atomic E-state index is 14.9. The molecule has 3 fully saturated rings. The molecule has 0 bridgehead atoms. The highest BCUT2D eigenvalue weighted by Gasteiger charge is 2.42. The van der Waals surface area contributed by atoms with Gasteiger partial charge < -0.3 is 15.3 Å². The highest BCUT2D eigenvalue weighted by Crippen LogP contribution is 2.36. The molecule has 2 aromatic rings. The van der Waals surface area contributed by atoms with E-state index in [-0.39, 0.29) is 55.3 Å². The van der Waals surface area contributed by atoms with E-state index in [2.05, 4.69) is 16.2 Å². The van der Waals surface area contributed by atoms with Gasteiger partial charge in [0.1, 0.15) is 5.82 Å². The van der Waals surface area contributed by atoms with Crippen LogP contribution in [0.3, 0.4) is 0 Å². The van der Waals surface area contributed by atoms with E-state index in [9.17, 15) is 45.5 Å². The Morgan fingerprint density at radius 1 is 1.08 bits per heavy atom. The maximum Gasteiger partial charge on any atom is 0.417 e. The molecule has 2 heterocycles. The van der Waals surface area contributed by atoms with Crippen LogP contribution in [0.4, 0.5) is 23.2 Å². The normalized spacial score (nSPS) is 23.1. The largest absolute Gasteiger partial charge is 0.417 e. The first-order chi connectivity index (χ1) is 23.0. The predicted octanol–water partition coefficient (Wildman–Crippen LogP) is 3.48. The van der Waals surface area contributed by atoms with Gasteiger partial charge in [-0.05, 0) is 80.8 Å². The molecule has 0 aromatic heterocycles. The number of piperidine rings is 1. The van der Waals surface area contributed by atoms with Crippen molar-refractivity contribution in [1.82, 2.24) is 15.8 Å². The number of hydrogen-bond donors (Lipinski definition) is 4. The number of benzene rings is 2. The number of amides is 3. The molecule has 11 nitrogen and oxygen atoms in total. The van der Waals surface area contributed by atoms with Gasteiger partial charge in [-0.15, -0.1) is 0 Å². The van der Waals surface area contributed by atoms with E-state index >= 15 is 0 Å². The number of sulfone groups is 1. The monoisotopic (exact) mass is 707 g/mol. The van der Waals surface area contributed by atoms with Crippen molar-refractivity contribution in [1.29, 1.82) is 5.26 Å². The van der Waals surface area contributed by atoms with Crippen LogP contribution in [0.1, 0.15) is 72.5 Å². The Balaban J connectivity index is 1.19. The second-order valence-corrected chi connectivity index (χ2v) is 15.5. The molecule has 2 saturated heterocycles. The number of carbonyl (C=O) groups excluding carboxylic acids is 3. The van der Waals surface area contributed by atoms with Gasteiger partial charge in [-0.2, -0.15) is 18.4 Å². The lowest BCUT2D eigenvalue weighted by Crippen LogP contribution is -2.60. The van der Waals surface area contributed by atoms with Crippen molar-refractivity contribution in [3.05, 3.63) is 64.5 Å². The molecule has 3 aliphatic rings. The molecule has 264 valence electrons. The summed E-state index contributed by atoms with van der Waals surface area (Å²) in [5.41, 5.74) is 1.45. The summed E-state index contributed by atoms with van der Waals surface area (Å²) < 4.78 is 81.4. The SMILES string of the molecule is C[C@](O)(CS(=O)(=O)C1CCN(C(=O)c2cc(CC3NNC(=O)C4CCCCC34)ccc2F)CC1)C(=O)Nc1ccc(C#N)c(C(F)(F)F)c1. The van der Waals surface area contributed by atoms with Gasteiger partial charge in [-0.3, -0.25) is 19.8 Å². The third kappa shape index (κ3) is 8.05. The van der Waals surface area contributed by atoms with E-state index in [1.54, 1.807) is 6.07 Å². The first-order valence-corrected chi connectivity index (χ1v) is 17.7. The number of alkyl halides is 3. The molecule has 2 aromatic carbocycles. The Bertz CT molecular complexity index is 1770. The second kappa shape index (κ2) is 14.0. The van der Waals surface area contributed by atoms with Crippen molar-refractivity contribution in [3.8, 4) is 6.07 Å². The van der Waals surface area contributed by atoms with E-state index in [0.717, 1.165) is 44.7 Å². The molecule has 1 aliphatic carbocycles. The lowest BCUT2D eigenvalue weighted by molar-refractivity contribution is -0.138. The fraction of sp³-hybridized carbons (Fsp3) is 0.515. The molecular formula is C33H37F4N5O6S. The van der Waals surface area contributed by atoms with Crippen LogP contribution in [-0.4, -0.2) is 71.9 Å². The highest BCUT2D eigenvalue weighted by atomic mass is 32.2. The van der Waals surface area contributed by atoms with E-state index in [1.807, 2.05) is 0 Å². The quantitative estimate of drug-likeness (QED) is 0.303. The summed E-state index contributed by atoms with van der Waals surface area (Å²) in [5.74, 6) is -3.63. The van der Waals surface area contributed by atoms with Gasteiger partial charge >= 0.3 is 6.18 Å². The van der Waals surface area contributed by atoms with Crippen molar-refractivity contribution >= 4 is 33.2 Å². The third-order valence-corrected chi connectivity index (χ3v) is 12.1. The Hall–Kier alpha value is -4.07. The van der Waals surface area contributed by atoms with Crippen molar-refractivity contribution in [2.24, 2.45) is 11.8 Å². The Kier molecular flexibility index (Phi) is 10.4. The smallest absolute Gasteiger partial charge is 0.379 e. The molecule has 4 N–H and O–H groups in total. The van der Waals surface area contributed by atoms with Crippen LogP contribution in [0.25, 0.3) is 0 Å². The van der Waals surface area contributed by atoms with Gasteiger partial charge in [0.15, 0.2) is 15.4 Å². The number of hydrazine groups is 1. The van der Waals surface area contributed by atoms with Gasteiger partial charge in [0.25, 0.3) is 11.8 Å². The number of nitrogens with one attached hydrogen (secondary N) is 3. The fourth-order valence-corrected chi connectivity index (χ4v) is 9.11. The zero-order chi connectivity index (χ0) is 35.7. The van der Waals surface area contributed by atoms with Crippen molar-refractivity contribution in [3.63, 3.8) is 0 Å². The van der Waals surface area contributed by atoms with Gasteiger partial charge in [0.2, 0.25) is 5.91 Å². The van der Waals surface area contributed by atoms with Crippen molar-refractivity contribution < 1.29 is 45.5 Å². The number of carbonyl (C=O) groups is 3. The minimum atomic E-state index is -4.89. The van der Waals surface area contributed by atoms with E-state index in [4.69, 9.17) is 5.26 Å². The molecule has 49 heavy (non-hydrogen) atoms. The van der Waals surface area contributed by atoms with Crippen molar-refractivity contribution in [2.75, 3.05) is 24.2 Å². The van der Waals surface area contributed by atoms with Crippen LogP contribution in [-0.2, 0) is 32.0 Å². The van der Waals surface area contributed by atoms with Crippen LogP contribution in [0.2, 0.25) is 0 Å². The Morgan fingerprint density at radius 2 is 1.78 bits per heavy atom. The molecule has 3 amide bonds. The summed E-state index contributed by atoms with van der Waals surface area (Å²) >= 11 is 0. The molecule has 0 radical (unpaired) electrons. The first kappa shape index (κ1) is 36.2. The number of rotatable bonds is 8. The average Bonchev–Trinajstić information content (AvgIpc) is 3.06. The maximum atomic E-state index is 14.9. The van der Waals surface area contributed by atoms with Gasteiger partial charge in [0, 0.05) is 30.7 Å². The molecule has 0 spiro atoms.